The lowest BCUT2D eigenvalue weighted by Crippen LogP contribution is -2.55. The number of nitrogens with zero attached hydrogens (tertiary/aromatic N) is 4. The normalized spacial score (nSPS) is 23.7. The van der Waals surface area contributed by atoms with Crippen molar-refractivity contribution in [3.8, 4) is 0 Å². The highest BCUT2D eigenvalue weighted by molar-refractivity contribution is 5.95. The SMILES string of the molecule is CCCCN1CC2(CCCN(C(=O)c3cnn(CC)c3C)C2)CCC1=O. The third kappa shape index (κ3) is 3.64. The van der Waals surface area contributed by atoms with E-state index < -0.39 is 0 Å². The summed E-state index contributed by atoms with van der Waals surface area (Å²) in [5.41, 5.74) is 1.74. The summed E-state index contributed by atoms with van der Waals surface area (Å²) in [6.45, 7) is 10.2. The molecule has 1 unspecified atom stereocenters. The molecular weight excluding hydrogens is 328 g/mol. The van der Waals surface area contributed by atoms with E-state index in [0.717, 1.165) is 76.1 Å². The van der Waals surface area contributed by atoms with Crippen LogP contribution in [-0.2, 0) is 11.3 Å². The number of hydrogen-bond donors (Lipinski definition) is 0. The molecule has 2 amide bonds. The number of amides is 2. The lowest BCUT2D eigenvalue weighted by Gasteiger charge is -2.48. The molecule has 1 atom stereocenters. The Labute approximate surface area is 156 Å². The van der Waals surface area contributed by atoms with Gasteiger partial charge in [-0.1, -0.05) is 13.3 Å². The third-order valence-corrected chi connectivity index (χ3v) is 6.11. The summed E-state index contributed by atoms with van der Waals surface area (Å²) in [4.78, 5) is 29.4. The van der Waals surface area contributed by atoms with Crippen molar-refractivity contribution in [1.82, 2.24) is 19.6 Å². The minimum absolute atomic E-state index is 0.0736. The predicted molar refractivity (Wildman–Crippen MR) is 101 cm³/mol. The van der Waals surface area contributed by atoms with Gasteiger partial charge in [0.25, 0.3) is 5.91 Å². The molecule has 6 heteroatoms. The van der Waals surface area contributed by atoms with Gasteiger partial charge in [-0.2, -0.15) is 5.10 Å². The second kappa shape index (κ2) is 7.80. The van der Waals surface area contributed by atoms with Crippen molar-refractivity contribution in [3.63, 3.8) is 0 Å². The topological polar surface area (TPSA) is 58.4 Å². The van der Waals surface area contributed by atoms with Crippen LogP contribution in [0.4, 0.5) is 0 Å². The number of aryl methyl sites for hydroxylation is 1. The molecule has 2 aliphatic heterocycles. The molecule has 0 N–H and O–H groups in total. The van der Waals surface area contributed by atoms with E-state index in [1.165, 1.54) is 0 Å². The Hall–Kier alpha value is -1.85. The highest BCUT2D eigenvalue weighted by Gasteiger charge is 2.42. The fraction of sp³-hybridized carbons (Fsp3) is 0.750. The van der Waals surface area contributed by atoms with Crippen molar-refractivity contribution < 1.29 is 9.59 Å². The molecule has 0 radical (unpaired) electrons. The summed E-state index contributed by atoms with van der Waals surface area (Å²) in [6, 6.07) is 0. The molecule has 2 aliphatic rings. The van der Waals surface area contributed by atoms with Gasteiger partial charge in [0, 0.05) is 50.3 Å². The lowest BCUT2D eigenvalue weighted by atomic mass is 9.73. The molecule has 3 heterocycles. The van der Waals surface area contributed by atoms with Crippen molar-refractivity contribution in [2.45, 2.75) is 65.8 Å². The lowest BCUT2D eigenvalue weighted by molar-refractivity contribution is -0.139. The van der Waals surface area contributed by atoms with Crippen LogP contribution in [0.3, 0.4) is 0 Å². The molecule has 0 aliphatic carbocycles. The largest absolute Gasteiger partial charge is 0.342 e. The summed E-state index contributed by atoms with van der Waals surface area (Å²) in [7, 11) is 0. The molecule has 0 aromatic carbocycles. The van der Waals surface area contributed by atoms with Gasteiger partial charge in [0.2, 0.25) is 5.91 Å². The second-order valence-corrected chi connectivity index (χ2v) is 7.96. The van der Waals surface area contributed by atoms with Crippen molar-refractivity contribution in [2.75, 3.05) is 26.2 Å². The number of carbonyl (C=O) groups is 2. The number of likely N-dealkylation sites (tertiary alicyclic amines) is 2. The van der Waals surface area contributed by atoms with E-state index >= 15 is 0 Å². The van der Waals surface area contributed by atoms with E-state index in [-0.39, 0.29) is 17.2 Å². The quantitative estimate of drug-likeness (QED) is 0.811. The Morgan fingerprint density at radius 2 is 2.08 bits per heavy atom. The van der Waals surface area contributed by atoms with Crippen LogP contribution in [0, 0.1) is 12.3 Å². The highest BCUT2D eigenvalue weighted by Crippen LogP contribution is 2.39. The van der Waals surface area contributed by atoms with Crippen molar-refractivity contribution >= 4 is 11.8 Å². The van der Waals surface area contributed by atoms with Crippen LogP contribution in [0.25, 0.3) is 0 Å². The van der Waals surface area contributed by atoms with Crippen LogP contribution >= 0.6 is 0 Å². The van der Waals surface area contributed by atoms with E-state index in [1.807, 2.05) is 28.3 Å². The van der Waals surface area contributed by atoms with Crippen molar-refractivity contribution in [2.24, 2.45) is 5.41 Å². The average Bonchev–Trinajstić information content (AvgIpc) is 3.02. The Balaban J connectivity index is 1.73. The van der Waals surface area contributed by atoms with Gasteiger partial charge in [0.15, 0.2) is 0 Å². The Morgan fingerprint density at radius 3 is 2.77 bits per heavy atom. The van der Waals surface area contributed by atoms with E-state index in [0.29, 0.717) is 6.42 Å². The molecule has 1 aromatic heterocycles. The first kappa shape index (κ1) is 18.9. The van der Waals surface area contributed by atoms with Crippen LogP contribution in [0.15, 0.2) is 6.20 Å². The summed E-state index contributed by atoms with van der Waals surface area (Å²) in [5.74, 6) is 0.380. The maximum atomic E-state index is 13.1. The number of unbranched alkanes of at least 4 members (excludes halogenated alkanes) is 1. The van der Waals surface area contributed by atoms with E-state index in [1.54, 1.807) is 6.20 Å². The molecule has 26 heavy (non-hydrogen) atoms. The van der Waals surface area contributed by atoms with Gasteiger partial charge < -0.3 is 9.80 Å². The molecule has 2 fully saturated rings. The van der Waals surface area contributed by atoms with Crippen LogP contribution in [0.5, 0.6) is 0 Å². The standard InChI is InChI=1S/C20H32N4O2/c1-4-6-11-22-14-20(10-8-18(22)25)9-7-12-23(15-20)19(26)17-13-21-24(5-2)16(17)3/h13H,4-12,14-15H2,1-3H3. The predicted octanol–water partition coefficient (Wildman–Crippen LogP) is 2.86. The van der Waals surface area contributed by atoms with Gasteiger partial charge in [-0.05, 0) is 39.5 Å². The monoisotopic (exact) mass is 360 g/mol. The molecule has 144 valence electrons. The highest BCUT2D eigenvalue weighted by atomic mass is 16.2. The zero-order chi connectivity index (χ0) is 18.7. The zero-order valence-corrected chi connectivity index (χ0v) is 16.5. The Morgan fingerprint density at radius 1 is 1.27 bits per heavy atom. The number of carbonyl (C=O) groups excluding carboxylic acids is 2. The van der Waals surface area contributed by atoms with Crippen LogP contribution in [-0.4, -0.2) is 57.6 Å². The maximum Gasteiger partial charge on any atom is 0.257 e. The fourth-order valence-electron chi connectivity index (χ4n) is 4.52. The summed E-state index contributed by atoms with van der Waals surface area (Å²) < 4.78 is 1.87. The molecule has 6 nitrogen and oxygen atoms in total. The van der Waals surface area contributed by atoms with Crippen LogP contribution < -0.4 is 0 Å². The summed E-state index contributed by atoms with van der Waals surface area (Å²) in [5, 5.41) is 4.33. The van der Waals surface area contributed by atoms with Crippen molar-refractivity contribution in [3.05, 3.63) is 17.5 Å². The second-order valence-electron chi connectivity index (χ2n) is 7.96. The molecule has 0 bridgehead atoms. The first-order valence-corrected chi connectivity index (χ1v) is 10.1. The fourth-order valence-corrected chi connectivity index (χ4v) is 4.52. The van der Waals surface area contributed by atoms with Crippen LogP contribution in [0.2, 0.25) is 0 Å². The van der Waals surface area contributed by atoms with Gasteiger partial charge in [-0.3, -0.25) is 14.3 Å². The van der Waals surface area contributed by atoms with Gasteiger partial charge in [-0.15, -0.1) is 0 Å². The third-order valence-electron chi connectivity index (χ3n) is 6.11. The molecular formula is C20H32N4O2. The number of hydrogen-bond acceptors (Lipinski definition) is 3. The molecule has 2 saturated heterocycles. The summed E-state index contributed by atoms with van der Waals surface area (Å²) in [6.07, 6.45) is 7.52. The Bertz CT molecular complexity index is 669. The number of rotatable bonds is 5. The smallest absolute Gasteiger partial charge is 0.257 e. The molecule has 3 rings (SSSR count). The molecule has 1 aromatic rings. The maximum absolute atomic E-state index is 13.1. The van der Waals surface area contributed by atoms with Gasteiger partial charge in [0.05, 0.1) is 11.8 Å². The minimum atomic E-state index is 0.0736. The van der Waals surface area contributed by atoms with Crippen LogP contribution in [0.1, 0.15) is 68.4 Å². The zero-order valence-electron chi connectivity index (χ0n) is 16.5. The first-order chi connectivity index (χ1) is 12.5. The van der Waals surface area contributed by atoms with Gasteiger partial charge in [0.1, 0.15) is 0 Å². The van der Waals surface area contributed by atoms with E-state index in [4.69, 9.17) is 0 Å². The van der Waals surface area contributed by atoms with Crippen molar-refractivity contribution in [1.29, 1.82) is 0 Å². The first-order valence-electron chi connectivity index (χ1n) is 10.1. The average molecular weight is 361 g/mol. The molecule has 1 spiro atoms. The molecule has 0 saturated carbocycles. The van der Waals surface area contributed by atoms with E-state index in [9.17, 15) is 9.59 Å². The number of aromatic nitrogens is 2. The Kier molecular flexibility index (Phi) is 5.68. The summed E-state index contributed by atoms with van der Waals surface area (Å²) >= 11 is 0. The minimum Gasteiger partial charge on any atom is -0.342 e. The van der Waals surface area contributed by atoms with E-state index in [2.05, 4.69) is 12.0 Å². The van der Waals surface area contributed by atoms with Gasteiger partial charge >= 0.3 is 0 Å². The van der Waals surface area contributed by atoms with Gasteiger partial charge in [-0.25, -0.2) is 0 Å². The number of piperidine rings is 2.